The van der Waals surface area contributed by atoms with E-state index in [4.69, 9.17) is 5.41 Å². The predicted molar refractivity (Wildman–Crippen MR) is 112 cm³/mol. The lowest BCUT2D eigenvalue weighted by molar-refractivity contribution is 0.258. The number of rotatable bonds is 8. The molecule has 27 heavy (non-hydrogen) atoms. The van der Waals surface area contributed by atoms with Crippen LogP contribution in [0.25, 0.3) is 0 Å². The zero-order valence-corrected chi connectivity index (χ0v) is 17.1. The second-order valence-corrected chi connectivity index (χ2v) is 8.07. The van der Waals surface area contributed by atoms with Gasteiger partial charge in [0.05, 0.1) is 23.6 Å². The fourth-order valence-electron chi connectivity index (χ4n) is 4.63. The van der Waals surface area contributed by atoms with Crippen LogP contribution in [0, 0.1) is 12.3 Å². The molecule has 0 saturated carbocycles. The van der Waals surface area contributed by atoms with Crippen LogP contribution >= 0.6 is 0 Å². The summed E-state index contributed by atoms with van der Waals surface area (Å²) in [5, 5.41) is 11.2. The lowest BCUT2D eigenvalue weighted by Crippen LogP contribution is -2.34. The van der Waals surface area contributed by atoms with Crippen molar-refractivity contribution in [2.24, 2.45) is 7.05 Å². The molecule has 5 nitrogen and oxygen atoms in total. The van der Waals surface area contributed by atoms with Crippen molar-refractivity contribution >= 4 is 11.9 Å². The van der Waals surface area contributed by atoms with Crippen LogP contribution in [0.4, 0.5) is 5.69 Å². The van der Waals surface area contributed by atoms with Gasteiger partial charge < -0.3 is 25.1 Å². The first kappa shape index (κ1) is 18.2. The van der Waals surface area contributed by atoms with E-state index in [0.29, 0.717) is 0 Å². The van der Waals surface area contributed by atoms with Crippen LogP contribution in [0.3, 0.4) is 0 Å². The monoisotopic (exact) mass is 367 g/mol. The number of allylic oxidation sites excluding steroid dienone is 2. The molecule has 0 bridgehead atoms. The van der Waals surface area contributed by atoms with Crippen molar-refractivity contribution < 1.29 is 0 Å². The Balaban J connectivity index is 1.38. The molecule has 1 saturated heterocycles. The maximum atomic E-state index is 7.68. The van der Waals surface area contributed by atoms with Crippen LogP contribution in [0.15, 0.2) is 28.7 Å². The lowest BCUT2D eigenvalue weighted by Gasteiger charge is -2.38. The van der Waals surface area contributed by atoms with Crippen LogP contribution < -0.4 is 5.32 Å². The molecule has 0 spiro atoms. The van der Waals surface area contributed by atoms with Crippen LogP contribution in [0.1, 0.15) is 56.8 Å². The molecule has 0 amide bonds. The Labute approximate surface area is 163 Å². The second kappa shape index (κ2) is 7.45. The molecule has 2 aliphatic heterocycles. The molecule has 0 atom stereocenters. The van der Waals surface area contributed by atoms with Gasteiger partial charge in [-0.15, -0.1) is 0 Å². The quantitative estimate of drug-likeness (QED) is 0.677. The maximum absolute atomic E-state index is 7.68. The number of aryl methyl sites for hydroxylation is 1. The Morgan fingerprint density at radius 3 is 2.56 bits per heavy atom. The van der Waals surface area contributed by atoms with Crippen LogP contribution in [0.2, 0.25) is 0 Å². The summed E-state index contributed by atoms with van der Waals surface area (Å²) in [6.07, 6.45) is 9.23. The average Bonchev–Trinajstić information content (AvgIpc) is 3.27. The summed E-state index contributed by atoms with van der Waals surface area (Å²) < 4.78 is 2.07. The van der Waals surface area contributed by atoms with Crippen LogP contribution in [-0.4, -0.2) is 46.8 Å². The Hall–Kier alpha value is -2.17. The van der Waals surface area contributed by atoms with E-state index in [2.05, 4.69) is 39.6 Å². The van der Waals surface area contributed by atoms with Crippen molar-refractivity contribution in [2.75, 3.05) is 31.5 Å². The van der Waals surface area contributed by atoms with Crippen molar-refractivity contribution in [3.05, 3.63) is 40.1 Å². The molecule has 4 rings (SSSR count). The average molecular weight is 368 g/mol. The molecular weight excluding hydrogens is 334 g/mol. The number of hydrogen-bond acceptors (Lipinski definition) is 4. The van der Waals surface area contributed by atoms with Gasteiger partial charge >= 0.3 is 0 Å². The van der Waals surface area contributed by atoms with E-state index in [1.807, 2.05) is 7.05 Å². The van der Waals surface area contributed by atoms with E-state index in [0.717, 1.165) is 30.9 Å². The first-order chi connectivity index (χ1) is 13.1. The number of nitrogens with zero attached hydrogens (tertiary/aromatic N) is 3. The Bertz CT molecular complexity index is 792. The molecule has 1 aromatic rings. The molecule has 1 fully saturated rings. The van der Waals surface area contributed by atoms with Crippen molar-refractivity contribution in [3.63, 3.8) is 0 Å². The third-order valence-corrected chi connectivity index (χ3v) is 6.53. The lowest BCUT2D eigenvalue weighted by atomic mass is 9.91. The number of likely N-dealkylation sites (tertiary alicyclic amines) is 1. The molecule has 0 radical (unpaired) electrons. The Kier molecular flexibility index (Phi) is 5.02. The highest BCUT2D eigenvalue weighted by Gasteiger charge is 2.34. The van der Waals surface area contributed by atoms with Crippen molar-refractivity contribution in [1.29, 1.82) is 5.41 Å². The summed E-state index contributed by atoms with van der Waals surface area (Å²) >= 11 is 0. The second-order valence-electron chi connectivity index (χ2n) is 8.07. The number of piperidine rings is 1. The van der Waals surface area contributed by atoms with Gasteiger partial charge in [-0.1, -0.05) is 6.92 Å². The molecule has 1 aliphatic carbocycles. The zero-order valence-electron chi connectivity index (χ0n) is 17.1. The summed E-state index contributed by atoms with van der Waals surface area (Å²) in [5.41, 5.74) is 9.46. The minimum absolute atomic E-state index is 0.861. The van der Waals surface area contributed by atoms with Gasteiger partial charge in [0.15, 0.2) is 0 Å². The molecule has 5 heteroatoms. The van der Waals surface area contributed by atoms with E-state index in [9.17, 15) is 0 Å². The molecule has 3 aliphatic rings. The number of nitrogens with one attached hydrogen (secondary N) is 2. The highest BCUT2D eigenvalue weighted by molar-refractivity contribution is 5.84. The largest absolute Gasteiger partial charge is 0.378 e. The topological polar surface area (TPSA) is 47.1 Å². The summed E-state index contributed by atoms with van der Waals surface area (Å²) in [6, 6.07) is 2.14. The summed E-state index contributed by atoms with van der Waals surface area (Å²) in [6.45, 7) is 8.83. The Morgan fingerprint density at radius 1 is 1.15 bits per heavy atom. The van der Waals surface area contributed by atoms with Crippen molar-refractivity contribution in [2.45, 2.75) is 52.4 Å². The van der Waals surface area contributed by atoms with Gasteiger partial charge in [0.1, 0.15) is 0 Å². The van der Waals surface area contributed by atoms with E-state index in [1.165, 1.54) is 68.5 Å². The highest BCUT2D eigenvalue weighted by Crippen LogP contribution is 2.40. The first-order valence-corrected chi connectivity index (χ1v) is 10.5. The van der Waals surface area contributed by atoms with Gasteiger partial charge in [-0.05, 0) is 57.1 Å². The molecule has 2 N–H and O–H groups in total. The van der Waals surface area contributed by atoms with Crippen LogP contribution in [-0.2, 0) is 7.05 Å². The molecular formula is C22H33N5. The normalized spacial score (nSPS) is 19.5. The number of hydrogen-bond donors (Lipinski definition) is 2. The van der Waals surface area contributed by atoms with E-state index >= 15 is 0 Å². The van der Waals surface area contributed by atoms with Crippen molar-refractivity contribution in [3.8, 4) is 0 Å². The summed E-state index contributed by atoms with van der Waals surface area (Å²) in [4.78, 5) is 5.17. The minimum atomic E-state index is 0.861. The molecule has 0 aromatic carbocycles. The van der Waals surface area contributed by atoms with Gasteiger partial charge in [-0.3, -0.25) is 0 Å². The molecule has 1 aromatic heterocycles. The van der Waals surface area contributed by atoms with Gasteiger partial charge in [0.25, 0.3) is 0 Å². The van der Waals surface area contributed by atoms with Crippen LogP contribution in [0.5, 0.6) is 0 Å². The van der Waals surface area contributed by atoms with Gasteiger partial charge in [-0.2, -0.15) is 0 Å². The zero-order chi connectivity index (χ0) is 19.0. The first-order valence-electron chi connectivity index (χ1n) is 10.5. The fourth-order valence-corrected chi connectivity index (χ4v) is 4.63. The van der Waals surface area contributed by atoms with E-state index < -0.39 is 0 Å². The SMILES string of the molecule is CCC1=C(CNc2cc(C)n(C)c2C=N)N1CC1=C(N2CCCCC2)CC1. The van der Waals surface area contributed by atoms with Gasteiger partial charge in [-0.25, -0.2) is 0 Å². The third-order valence-electron chi connectivity index (χ3n) is 6.53. The molecule has 0 unspecified atom stereocenters. The third kappa shape index (κ3) is 3.40. The van der Waals surface area contributed by atoms with Gasteiger partial charge in [0, 0.05) is 50.0 Å². The Morgan fingerprint density at radius 2 is 1.93 bits per heavy atom. The fraction of sp³-hybridized carbons (Fsp3) is 0.591. The maximum Gasteiger partial charge on any atom is 0.0820 e. The molecule has 3 heterocycles. The summed E-state index contributed by atoms with van der Waals surface area (Å²) in [7, 11) is 2.02. The van der Waals surface area contributed by atoms with E-state index in [-0.39, 0.29) is 0 Å². The highest BCUT2D eigenvalue weighted by atomic mass is 15.3. The number of aromatic nitrogens is 1. The van der Waals surface area contributed by atoms with Gasteiger partial charge in [0.2, 0.25) is 0 Å². The standard InChI is InChI=1S/C22H33N5/c1-4-19-22(14-24-18-12-16(2)25(3)21(18)13-23)27(19)15-17-8-9-20(17)26-10-6-5-7-11-26/h12-13,23-24H,4-11,14-15H2,1-3H3. The predicted octanol–water partition coefficient (Wildman–Crippen LogP) is 4.21. The van der Waals surface area contributed by atoms with Crippen molar-refractivity contribution in [1.82, 2.24) is 14.4 Å². The molecule has 146 valence electrons. The number of anilines is 1. The smallest absolute Gasteiger partial charge is 0.0820 e. The van der Waals surface area contributed by atoms with E-state index in [1.54, 1.807) is 11.3 Å². The minimum Gasteiger partial charge on any atom is -0.378 e. The summed E-state index contributed by atoms with van der Waals surface area (Å²) in [5.74, 6) is 0.